The Bertz CT molecular complexity index is 175. The molecule has 0 spiro atoms. The fourth-order valence-electron chi connectivity index (χ4n) is 2.36. The molecule has 1 saturated heterocycles. The smallest absolute Gasteiger partial charge is 0.0623 e. The highest BCUT2D eigenvalue weighted by atomic mass is 16.5. The molecule has 1 N–H and O–H groups in total. The number of likely N-dealkylation sites (N-methyl/N-ethyl adjacent to an activating group) is 1. The number of hydrogen-bond donors (Lipinski definition) is 1. The lowest BCUT2D eigenvalue weighted by Crippen LogP contribution is -2.41. The van der Waals surface area contributed by atoms with Crippen LogP contribution in [0.1, 0.15) is 33.6 Å². The van der Waals surface area contributed by atoms with Crippen LogP contribution >= 0.6 is 0 Å². The Morgan fingerprint density at radius 2 is 2.06 bits per heavy atom. The molecule has 3 heteroatoms. The van der Waals surface area contributed by atoms with Crippen LogP contribution in [-0.2, 0) is 4.74 Å². The Morgan fingerprint density at radius 1 is 1.25 bits per heavy atom. The number of nitrogens with one attached hydrogen (secondary N) is 1. The van der Waals surface area contributed by atoms with E-state index in [2.05, 4.69) is 31.0 Å². The average molecular weight is 228 g/mol. The third-order valence-electron chi connectivity index (χ3n) is 3.43. The van der Waals surface area contributed by atoms with Gasteiger partial charge in [-0.2, -0.15) is 0 Å². The average Bonchev–Trinajstić information content (AvgIpc) is 2.72. The zero-order valence-corrected chi connectivity index (χ0v) is 11.2. The van der Waals surface area contributed by atoms with Crippen molar-refractivity contribution in [2.75, 3.05) is 39.4 Å². The molecule has 0 aliphatic carbocycles. The van der Waals surface area contributed by atoms with E-state index >= 15 is 0 Å². The monoisotopic (exact) mass is 228 g/mol. The summed E-state index contributed by atoms with van der Waals surface area (Å²) >= 11 is 0. The highest BCUT2D eigenvalue weighted by Gasteiger charge is 2.28. The summed E-state index contributed by atoms with van der Waals surface area (Å²) in [5.74, 6) is 0.678. The van der Waals surface area contributed by atoms with Crippen molar-refractivity contribution in [3.63, 3.8) is 0 Å². The van der Waals surface area contributed by atoms with E-state index in [0.29, 0.717) is 12.0 Å². The predicted octanol–water partition coefficient (Wildman–Crippen LogP) is 1.73. The van der Waals surface area contributed by atoms with E-state index in [-0.39, 0.29) is 0 Å². The van der Waals surface area contributed by atoms with Crippen molar-refractivity contribution in [3.8, 4) is 0 Å². The quantitative estimate of drug-likeness (QED) is 0.685. The molecule has 0 saturated carbocycles. The van der Waals surface area contributed by atoms with Crippen LogP contribution in [0.3, 0.4) is 0 Å². The van der Waals surface area contributed by atoms with Gasteiger partial charge < -0.3 is 15.0 Å². The van der Waals surface area contributed by atoms with Gasteiger partial charge in [0.15, 0.2) is 0 Å². The molecule has 0 bridgehead atoms. The van der Waals surface area contributed by atoms with Crippen LogP contribution in [0.5, 0.6) is 0 Å². The van der Waals surface area contributed by atoms with Crippen LogP contribution in [-0.4, -0.2) is 50.3 Å². The van der Waals surface area contributed by atoms with Crippen molar-refractivity contribution < 1.29 is 4.74 Å². The molecule has 0 amide bonds. The number of ether oxygens (including phenoxy) is 1. The van der Waals surface area contributed by atoms with Gasteiger partial charge in [-0.05, 0) is 26.1 Å². The number of unbranched alkanes of at least 4 members (excludes halogenated alkanes) is 1. The number of hydrogen-bond acceptors (Lipinski definition) is 3. The fraction of sp³-hybridized carbons (Fsp3) is 1.00. The highest BCUT2D eigenvalue weighted by Crippen LogP contribution is 2.15. The maximum Gasteiger partial charge on any atom is 0.0623 e. The second-order valence-corrected chi connectivity index (χ2v) is 4.71. The van der Waals surface area contributed by atoms with Crippen molar-refractivity contribution in [1.82, 2.24) is 10.2 Å². The molecule has 0 aromatic rings. The largest absolute Gasteiger partial charge is 0.379 e. The van der Waals surface area contributed by atoms with E-state index in [4.69, 9.17) is 4.74 Å². The van der Waals surface area contributed by atoms with Gasteiger partial charge in [0, 0.05) is 18.5 Å². The van der Waals surface area contributed by atoms with Crippen molar-refractivity contribution in [2.45, 2.75) is 39.7 Å². The topological polar surface area (TPSA) is 24.5 Å². The second-order valence-electron chi connectivity index (χ2n) is 4.71. The van der Waals surface area contributed by atoms with Crippen LogP contribution < -0.4 is 5.32 Å². The zero-order chi connectivity index (χ0) is 11.8. The van der Waals surface area contributed by atoms with Gasteiger partial charge >= 0.3 is 0 Å². The molecule has 0 aromatic heterocycles. The van der Waals surface area contributed by atoms with Gasteiger partial charge in [-0.3, -0.25) is 0 Å². The van der Waals surface area contributed by atoms with Crippen LogP contribution in [0.2, 0.25) is 0 Å². The zero-order valence-electron chi connectivity index (χ0n) is 11.2. The van der Waals surface area contributed by atoms with Gasteiger partial charge in [0.25, 0.3) is 0 Å². The Morgan fingerprint density at radius 3 is 2.69 bits per heavy atom. The highest BCUT2D eigenvalue weighted by molar-refractivity contribution is 4.83. The number of rotatable bonds is 8. The van der Waals surface area contributed by atoms with Gasteiger partial charge in [0.1, 0.15) is 0 Å². The maximum absolute atomic E-state index is 5.58. The van der Waals surface area contributed by atoms with E-state index in [1.54, 1.807) is 0 Å². The first-order valence-electron chi connectivity index (χ1n) is 6.85. The summed E-state index contributed by atoms with van der Waals surface area (Å²) in [7, 11) is 0. The summed E-state index contributed by atoms with van der Waals surface area (Å²) in [4.78, 5) is 2.56. The third-order valence-corrected chi connectivity index (χ3v) is 3.43. The molecule has 1 aliphatic rings. The van der Waals surface area contributed by atoms with Crippen LogP contribution in [0, 0.1) is 5.92 Å². The van der Waals surface area contributed by atoms with E-state index < -0.39 is 0 Å². The predicted molar refractivity (Wildman–Crippen MR) is 68.8 cm³/mol. The fourth-order valence-corrected chi connectivity index (χ4v) is 2.36. The summed E-state index contributed by atoms with van der Waals surface area (Å²) in [5, 5.41) is 3.53. The minimum atomic E-state index is 0.570. The minimum absolute atomic E-state index is 0.570. The molecule has 2 unspecified atom stereocenters. The van der Waals surface area contributed by atoms with E-state index in [1.165, 1.54) is 25.9 Å². The molecule has 1 rings (SSSR count). The maximum atomic E-state index is 5.58. The van der Waals surface area contributed by atoms with Crippen LogP contribution in [0.4, 0.5) is 0 Å². The first kappa shape index (κ1) is 13.9. The van der Waals surface area contributed by atoms with Gasteiger partial charge in [0.05, 0.1) is 13.2 Å². The molecular weight excluding hydrogens is 200 g/mol. The van der Waals surface area contributed by atoms with Crippen LogP contribution in [0.25, 0.3) is 0 Å². The molecule has 1 aliphatic heterocycles. The van der Waals surface area contributed by atoms with E-state index in [1.807, 2.05) is 0 Å². The van der Waals surface area contributed by atoms with Gasteiger partial charge in [-0.15, -0.1) is 0 Å². The molecule has 0 aromatic carbocycles. The number of nitrogens with zero attached hydrogens (tertiary/aromatic N) is 1. The molecule has 96 valence electrons. The summed E-state index contributed by atoms with van der Waals surface area (Å²) in [6, 6.07) is 0.570. The summed E-state index contributed by atoms with van der Waals surface area (Å²) in [6.45, 7) is 13.1. The molecular formula is C13H28N2O. The Labute approximate surface area is 101 Å². The van der Waals surface area contributed by atoms with Crippen molar-refractivity contribution >= 4 is 0 Å². The van der Waals surface area contributed by atoms with Crippen molar-refractivity contribution in [1.29, 1.82) is 0 Å². The lowest BCUT2D eigenvalue weighted by atomic mass is 10.0. The van der Waals surface area contributed by atoms with Crippen molar-refractivity contribution in [2.24, 2.45) is 5.92 Å². The Balaban J connectivity index is 2.31. The van der Waals surface area contributed by atoms with Crippen LogP contribution in [0.15, 0.2) is 0 Å². The lowest BCUT2D eigenvalue weighted by Gasteiger charge is -2.26. The normalized spacial score (nSPS) is 25.5. The van der Waals surface area contributed by atoms with Crippen molar-refractivity contribution in [3.05, 3.63) is 0 Å². The first-order valence-corrected chi connectivity index (χ1v) is 6.85. The van der Waals surface area contributed by atoms with Gasteiger partial charge in [0.2, 0.25) is 0 Å². The minimum Gasteiger partial charge on any atom is -0.379 e. The third kappa shape index (κ3) is 4.40. The Hall–Kier alpha value is -0.120. The summed E-state index contributed by atoms with van der Waals surface area (Å²) < 4.78 is 5.58. The lowest BCUT2D eigenvalue weighted by molar-refractivity contribution is 0.168. The van der Waals surface area contributed by atoms with E-state index in [9.17, 15) is 0 Å². The summed E-state index contributed by atoms with van der Waals surface area (Å²) in [5.41, 5.74) is 0. The molecule has 2 atom stereocenters. The molecule has 16 heavy (non-hydrogen) atoms. The molecule has 1 heterocycles. The van der Waals surface area contributed by atoms with E-state index in [0.717, 1.165) is 26.3 Å². The molecule has 3 nitrogen and oxygen atoms in total. The standard InChI is InChI=1S/C13H28N2O/c1-4-7-8-15(6-3)9-12-10-16-11-13(12)14-5-2/h12-14H,4-11H2,1-3H3. The Kier molecular flexibility index (Phi) is 7.01. The first-order chi connectivity index (χ1) is 7.81. The second kappa shape index (κ2) is 8.04. The molecule has 0 radical (unpaired) electrons. The molecule has 1 fully saturated rings. The summed E-state index contributed by atoms with van der Waals surface area (Å²) in [6.07, 6.45) is 2.60. The van der Waals surface area contributed by atoms with Gasteiger partial charge in [-0.25, -0.2) is 0 Å². The SMILES string of the molecule is CCCCN(CC)CC1COCC1NCC. The van der Waals surface area contributed by atoms with Gasteiger partial charge in [-0.1, -0.05) is 27.2 Å².